The Morgan fingerprint density at radius 1 is 1.15 bits per heavy atom. The second-order valence-corrected chi connectivity index (χ2v) is 6.10. The zero-order valence-corrected chi connectivity index (χ0v) is 12.9. The average Bonchev–Trinajstić information content (AvgIpc) is 2.41. The Morgan fingerprint density at radius 2 is 1.75 bits per heavy atom. The van der Waals surface area contributed by atoms with Gasteiger partial charge in [-0.2, -0.15) is 0 Å². The van der Waals surface area contributed by atoms with Crippen molar-refractivity contribution in [2.24, 2.45) is 0 Å². The number of hydrogen-bond acceptors (Lipinski definition) is 2. The highest BCUT2D eigenvalue weighted by molar-refractivity contribution is 5.39. The number of hydrogen-bond donors (Lipinski definition) is 3. The van der Waals surface area contributed by atoms with Crippen LogP contribution in [0.25, 0.3) is 0 Å². The summed E-state index contributed by atoms with van der Waals surface area (Å²) in [5, 5.41) is 10.2. The first kappa shape index (κ1) is 15.3. The Balaban J connectivity index is 1.79. The van der Waals surface area contributed by atoms with E-state index < -0.39 is 0 Å². The van der Waals surface area contributed by atoms with Gasteiger partial charge in [-0.25, -0.2) is 0 Å². The van der Waals surface area contributed by atoms with Gasteiger partial charge in [0.1, 0.15) is 51.2 Å². The molecule has 0 aromatic heterocycles. The van der Waals surface area contributed by atoms with E-state index in [0.717, 1.165) is 36.5 Å². The molecule has 1 aliphatic heterocycles. The van der Waals surface area contributed by atoms with Crippen LogP contribution >= 0.6 is 0 Å². The summed E-state index contributed by atoms with van der Waals surface area (Å²) in [7, 11) is 2.23. The maximum absolute atomic E-state index is 10.2. The first-order valence-corrected chi connectivity index (χ1v) is 7.58. The Morgan fingerprint density at radius 3 is 2.35 bits per heavy atom. The normalized spacial score (nSPS) is 24.4. The second kappa shape index (κ2) is 7.07. The maximum Gasteiger partial charge on any atom is 0.137 e. The molecule has 0 amide bonds. The van der Waals surface area contributed by atoms with Crippen molar-refractivity contribution in [1.82, 2.24) is 0 Å². The molecule has 2 rings (SSSR count). The summed E-state index contributed by atoms with van der Waals surface area (Å²) in [5.41, 5.74) is 2.26. The van der Waals surface area contributed by atoms with Gasteiger partial charge in [-0.15, -0.1) is 0 Å². The fraction of sp³-hybridized carbons (Fsp3) is 0.625. The summed E-state index contributed by atoms with van der Waals surface area (Å²) in [5.74, 6) is 0.921. The molecule has 1 heterocycles. The van der Waals surface area contributed by atoms with Crippen molar-refractivity contribution >= 4 is 0 Å². The van der Waals surface area contributed by atoms with Gasteiger partial charge in [0.15, 0.2) is 0 Å². The maximum atomic E-state index is 10.2. The smallest absolute Gasteiger partial charge is 0.137 e. The fourth-order valence-corrected chi connectivity index (χ4v) is 2.83. The topological polar surface area (TPSA) is 38.3 Å². The molecule has 0 spiro atoms. The summed E-state index contributed by atoms with van der Waals surface area (Å²) < 4.78 is 5.82. The second-order valence-electron chi connectivity index (χ2n) is 6.10. The van der Waals surface area contributed by atoms with Gasteiger partial charge in [0.05, 0.1) is 7.05 Å². The highest BCUT2D eigenvalue weighted by atomic mass is 16.5. The molecule has 3 N–H and O–H groups in total. The number of para-hydroxylation sites is 1. The number of benzene rings is 1. The molecule has 112 valence electrons. The zero-order valence-electron chi connectivity index (χ0n) is 12.9. The molecular formula is C16H28N2O2+2. The van der Waals surface area contributed by atoms with Gasteiger partial charge in [-0.1, -0.05) is 18.2 Å². The van der Waals surface area contributed by atoms with E-state index in [-0.39, 0.29) is 6.10 Å². The predicted octanol–water partition coefficient (Wildman–Crippen LogP) is -1.54. The molecule has 1 saturated heterocycles. The van der Waals surface area contributed by atoms with Crippen molar-refractivity contribution in [2.45, 2.75) is 20.0 Å². The molecule has 1 aromatic rings. The van der Waals surface area contributed by atoms with Gasteiger partial charge in [0, 0.05) is 0 Å². The summed E-state index contributed by atoms with van der Waals surface area (Å²) in [4.78, 5) is 3.09. The summed E-state index contributed by atoms with van der Waals surface area (Å²) in [6.45, 7) is 9.95. The number of aliphatic hydroxyl groups excluding tert-OH is 1. The van der Waals surface area contributed by atoms with Crippen LogP contribution in [-0.2, 0) is 0 Å². The minimum absolute atomic E-state index is 0.387. The monoisotopic (exact) mass is 280 g/mol. The van der Waals surface area contributed by atoms with Crippen LogP contribution in [0.5, 0.6) is 5.75 Å². The first-order valence-electron chi connectivity index (χ1n) is 7.58. The van der Waals surface area contributed by atoms with E-state index in [4.69, 9.17) is 4.74 Å². The molecule has 0 radical (unpaired) electrons. The van der Waals surface area contributed by atoms with E-state index in [1.54, 1.807) is 4.90 Å². The van der Waals surface area contributed by atoms with Crippen LogP contribution in [0.4, 0.5) is 0 Å². The third-order valence-corrected chi connectivity index (χ3v) is 4.16. The van der Waals surface area contributed by atoms with Crippen LogP contribution in [-0.4, -0.2) is 57.6 Å². The average molecular weight is 280 g/mol. The molecule has 1 aromatic carbocycles. The first-order chi connectivity index (χ1) is 9.56. The number of quaternary nitrogens is 2. The standard InChI is InChI=1S/C16H26N2O2/c1-13-5-4-6-14(2)16(13)20-12-15(19)11-18-9-7-17(3)8-10-18/h4-6,15,19H,7-12H2,1-3H3/p+2/t15-/m1/s1. The fourth-order valence-electron chi connectivity index (χ4n) is 2.83. The number of nitrogens with one attached hydrogen (secondary N) is 2. The van der Waals surface area contributed by atoms with Crippen molar-refractivity contribution in [1.29, 1.82) is 0 Å². The minimum Gasteiger partial charge on any atom is -0.490 e. The molecule has 1 fully saturated rings. The van der Waals surface area contributed by atoms with Crippen molar-refractivity contribution in [3.8, 4) is 5.75 Å². The molecule has 0 saturated carbocycles. The number of rotatable bonds is 5. The minimum atomic E-state index is -0.387. The van der Waals surface area contributed by atoms with Crippen molar-refractivity contribution in [3.05, 3.63) is 29.3 Å². The van der Waals surface area contributed by atoms with E-state index in [9.17, 15) is 5.11 Å². The quantitative estimate of drug-likeness (QED) is 0.611. The number of ether oxygens (including phenoxy) is 1. The Hall–Kier alpha value is -1.10. The van der Waals surface area contributed by atoms with Crippen LogP contribution in [0, 0.1) is 13.8 Å². The highest BCUT2D eigenvalue weighted by Crippen LogP contribution is 2.22. The lowest BCUT2D eigenvalue weighted by Crippen LogP contribution is -3.27. The van der Waals surface area contributed by atoms with Crippen molar-refractivity contribution in [2.75, 3.05) is 46.4 Å². The molecular weight excluding hydrogens is 252 g/mol. The summed E-state index contributed by atoms with van der Waals surface area (Å²) in [6, 6.07) is 6.12. The van der Waals surface area contributed by atoms with Crippen molar-refractivity contribution < 1.29 is 19.6 Å². The SMILES string of the molecule is Cc1cccc(C)c1OC[C@H](O)C[NH+]1CC[NH+](C)CC1. The van der Waals surface area contributed by atoms with Gasteiger partial charge in [0.25, 0.3) is 0 Å². The van der Waals surface area contributed by atoms with Gasteiger partial charge in [0.2, 0.25) is 0 Å². The van der Waals surface area contributed by atoms with Crippen LogP contribution in [0.2, 0.25) is 0 Å². The molecule has 4 nitrogen and oxygen atoms in total. The summed E-state index contributed by atoms with van der Waals surface area (Å²) >= 11 is 0. The van der Waals surface area contributed by atoms with E-state index in [0.29, 0.717) is 6.61 Å². The lowest BCUT2D eigenvalue weighted by Gasteiger charge is -2.28. The lowest BCUT2D eigenvalue weighted by atomic mass is 10.1. The molecule has 20 heavy (non-hydrogen) atoms. The third kappa shape index (κ3) is 4.20. The Labute approximate surface area is 122 Å². The lowest BCUT2D eigenvalue weighted by molar-refractivity contribution is -1.00. The zero-order chi connectivity index (χ0) is 14.5. The molecule has 1 aliphatic rings. The number of piperazine rings is 1. The molecule has 0 aliphatic carbocycles. The van der Waals surface area contributed by atoms with Crippen molar-refractivity contribution in [3.63, 3.8) is 0 Å². The largest absolute Gasteiger partial charge is 0.490 e. The molecule has 0 bridgehead atoms. The Bertz CT molecular complexity index is 408. The van der Waals surface area contributed by atoms with Crippen LogP contribution in [0.1, 0.15) is 11.1 Å². The number of likely N-dealkylation sites (N-methyl/N-ethyl adjacent to an activating group) is 1. The Kier molecular flexibility index (Phi) is 5.40. The summed E-state index contributed by atoms with van der Waals surface area (Å²) in [6.07, 6.45) is -0.387. The van der Waals surface area contributed by atoms with Gasteiger partial charge in [-0.05, 0) is 25.0 Å². The molecule has 4 heteroatoms. The van der Waals surface area contributed by atoms with E-state index >= 15 is 0 Å². The highest BCUT2D eigenvalue weighted by Gasteiger charge is 2.22. The molecule has 1 atom stereocenters. The predicted molar refractivity (Wildman–Crippen MR) is 79.6 cm³/mol. The van der Waals surface area contributed by atoms with Crippen LogP contribution in [0.3, 0.4) is 0 Å². The third-order valence-electron chi connectivity index (χ3n) is 4.16. The van der Waals surface area contributed by atoms with Gasteiger partial charge < -0.3 is 19.6 Å². The van der Waals surface area contributed by atoms with Crippen LogP contribution < -0.4 is 14.5 Å². The van der Waals surface area contributed by atoms with E-state index in [1.165, 1.54) is 18.0 Å². The van der Waals surface area contributed by atoms with Gasteiger partial charge >= 0.3 is 0 Å². The number of aryl methyl sites for hydroxylation is 2. The number of aliphatic hydroxyl groups is 1. The van der Waals surface area contributed by atoms with E-state index in [1.807, 2.05) is 32.0 Å². The van der Waals surface area contributed by atoms with E-state index in [2.05, 4.69) is 7.05 Å². The molecule has 0 unspecified atom stereocenters. The van der Waals surface area contributed by atoms with Crippen LogP contribution in [0.15, 0.2) is 18.2 Å². The van der Waals surface area contributed by atoms with Gasteiger partial charge in [-0.3, -0.25) is 0 Å².